The first-order valence-electron chi connectivity index (χ1n) is 13.5. The molecule has 0 bridgehead atoms. The minimum Gasteiger partial charge on any atom is -0.497 e. The second-order valence-electron chi connectivity index (χ2n) is 13.1. The predicted molar refractivity (Wildman–Crippen MR) is 145 cm³/mol. The molecule has 5 nitrogen and oxygen atoms in total. The summed E-state index contributed by atoms with van der Waals surface area (Å²) in [5.41, 5.74) is -0.892. The van der Waals surface area contributed by atoms with Crippen LogP contribution in [0.15, 0.2) is 36.4 Å². The Hall–Kier alpha value is -1.76. The number of hydrogen-bond acceptors (Lipinski definition) is 5. The van der Waals surface area contributed by atoms with Crippen molar-refractivity contribution in [2.75, 3.05) is 13.7 Å². The molecule has 1 unspecified atom stereocenters. The number of benzene rings is 1. The summed E-state index contributed by atoms with van der Waals surface area (Å²) in [5.74, 6) is 0.876. The minimum atomic E-state index is -1.27. The highest BCUT2D eigenvalue weighted by molar-refractivity contribution is 6.76. The highest BCUT2D eigenvalue weighted by Gasteiger charge is 2.67. The van der Waals surface area contributed by atoms with Crippen LogP contribution in [0.3, 0.4) is 0 Å². The maximum atomic E-state index is 14.3. The van der Waals surface area contributed by atoms with E-state index in [1.165, 1.54) is 0 Å². The van der Waals surface area contributed by atoms with Gasteiger partial charge in [-0.05, 0) is 54.3 Å². The highest BCUT2D eigenvalue weighted by Crippen LogP contribution is 2.61. The summed E-state index contributed by atoms with van der Waals surface area (Å²) in [6.07, 6.45) is 6.07. The van der Waals surface area contributed by atoms with E-state index in [0.29, 0.717) is 26.1 Å². The largest absolute Gasteiger partial charge is 0.497 e. The van der Waals surface area contributed by atoms with E-state index in [1.807, 2.05) is 36.4 Å². The van der Waals surface area contributed by atoms with Crippen LogP contribution in [0.2, 0.25) is 25.7 Å². The average molecular weight is 513 g/mol. The molecule has 198 valence electrons. The van der Waals surface area contributed by atoms with E-state index in [0.717, 1.165) is 30.2 Å². The van der Waals surface area contributed by atoms with Crippen molar-refractivity contribution < 1.29 is 23.8 Å². The molecule has 1 aromatic carbocycles. The summed E-state index contributed by atoms with van der Waals surface area (Å²) < 4.78 is 18.0. The lowest BCUT2D eigenvalue weighted by Gasteiger charge is -2.58. The number of ether oxygens (including phenoxy) is 3. The summed E-state index contributed by atoms with van der Waals surface area (Å²) in [6, 6.07) is 8.95. The third kappa shape index (κ3) is 4.77. The number of hydrogen-bond donors (Lipinski definition) is 0. The zero-order valence-electron chi connectivity index (χ0n) is 23.2. The van der Waals surface area contributed by atoms with Crippen molar-refractivity contribution in [3.8, 4) is 5.75 Å². The molecule has 2 saturated carbocycles. The second-order valence-corrected chi connectivity index (χ2v) is 18.7. The van der Waals surface area contributed by atoms with Crippen molar-refractivity contribution in [1.29, 1.82) is 0 Å². The third-order valence-corrected chi connectivity index (χ3v) is 10.9. The smallest absolute Gasteiger partial charge is 0.159 e. The maximum absolute atomic E-state index is 14.3. The van der Waals surface area contributed by atoms with Crippen molar-refractivity contribution in [3.63, 3.8) is 0 Å². The Bertz CT molecular complexity index is 1010. The Morgan fingerprint density at radius 1 is 1.00 bits per heavy atom. The maximum Gasteiger partial charge on any atom is 0.159 e. The molecule has 2 fully saturated rings. The van der Waals surface area contributed by atoms with Crippen molar-refractivity contribution in [3.05, 3.63) is 42.0 Å². The lowest BCUT2D eigenvalue weighted by molar-refractivity contribution is -0.184. The number of rotatable bonds is 8. The van der Waals surface area contributed by atoms with Gasteiger partial charge < -0.3 is 14.2 Å². The van der Waals surface area contributed by atoms with E-state index in [1.54, 1.807) is 7.11 Å². The topological polar surface area (TPSA) is 61.8 Å². The number of Topliss-reactive ketones (excluding diaryl/α,β-unsaturated/α-hetero) is 2. The Kier molecular flexibility index (Phi) is 7.46. The molecule has 0 radical (unpaired) electrons. The van der Waals surface area contributed by atoms with E-state index >= 15 is 0 Å². The van der Waals surface area contributed by atoms with Crippen molar-refractivity contribution >= 4 is 19.6 Å². The van der Waals surface area contributed by atoms with Crippen molar-refractivity contribution in [2.45, 2.75) is 91.0 Å². The SMILES string of the molecule is COc1ccc(CO[C@H]2CC[C@@]3(C)C(=O)[C@]4(C=CCC4OCC[Si](C)(C)C)C(=O)C[C@@H]3C2(C)C)cc1. The van der Waals surface area contributed by atoms with Gasteiger partial charge in [0.2, 0.25) is 0 Å². The van der Waals surface area contributed by atoms with Gasteiger partial charge in [-0.2, -0.15) is 0 Å². The van der Waals surface area contributed by atoms with E-state index in [2.05, 4.69) is 40.4 Å². The van der Waals surface area contributed by atoms with Gasteiger partial charge in [-0.15, -0.1) is 0 Å². The van der Waals surface area contributed by atoms with Gasteiger partial charge >= 0.3 is 0 Å². The Morgan fingerprint density at radius 3 is 2.33 bits per heavy atom. The Balaban J connectivity index is 1.50. The van der Waals surface area contributed by atoms with Gasteiger partial charge in [-0.3, -0.25) is 9.59 Å². The van der Waals surface area contributed by atoms with Crippen LogP contribution < -0.4 is 4.74 Å². The summed E-state index contributed by atoms with van der Waals surface area (Å²) in [5, 5.41) is 0. The molecule has 3 aliphatic rings. The monoisotopic (exact) mass is 512 g/mol. The van der Waals surface area contributed by atoms with Gasteiger partial charge in [0.15, 0.2) is 11.6 Å². The molecule has 3 aliphatic carbocycles. The molecule has 0 aliphatic heterocycles. The van der Waals surface area contributed by atoms with Gasteiger partial charge in [0, 0.05) is 26.5 Å². The number of methoxy groups -OCH3 is 1. The van der Waals surface area contributed by atoms with Crippen LogP contribution in [-0.4, -0.2) is 45.6 Å². The fraction of sp³-hybridized carbons (Fsp3) is 0.667. The van der Waals surface area contributed by atoms with E-state index < -0.39 is 18.9 Å². The molecular formula is C30H44O5Si. The first-order chi connectivity index (χ1) is 16.8. The molecule has 0 aromatic heterocycles. The number of carbonyl (C=O) groups excluding carboxylic acids is 2. The molecule has 0 heterocycles. The highest BCUT2D eigenvalue weighted by atomic mass is 28.3. The van der Waals surface area contributed by atoms with Crippen molar-refractivity contribution in [2.24, 2.45) is 22.2 Å². The number of carbonyl (C=O) groups is 2. The molecule has 1 aromatic rings. The number of ketones is 2. The molecule has 36 heavy (non-hydrogen) atoms. The van der Waals surface area contributed by atoms with Crippen molar-refractivity contribution in [1.82, 2.24) is 0 Å². The lowest BCUT2D eigenvalue weighted by Crippen LogP contribution is -2.64. The minimum absolute atomic E-state index is 0.0183. The fourth-order valence-corrected chi connectivity index (χ4v) is 7.56. The summed E-state index contributed by atoms with van der Waals surface area (Å²) in [6.45, 7) is 14.5. The molecule has 1 spiro atoms. The van der Waals surface area contributed by atoms with E-state index in [4.69, 9.17) is 14.2 Å². The zero-order chi connectivity index (χ0) is 26.4. The first kappa shape index (κ1) is 27.3. The second kappa shape index (κ2) is 9.84. The average Bonchev–Trinajstić information content (AvgIpc) is 3.23. The van der Waals surface area contributed by atoms with Gasteiger partial charge in [0.05, 0.1) is 25.9 Å². The molecule has 0 N–H and O–H groups in total. The van der Waals surface area contributed by atoms with Crippen LogP contribution in [0.1, 0.15) is 52.0 Å². The molecule has 6 heteroatoms. The van der Waals surface area contributed by atoms with Crippen LogP contribution in [-0.2, 0) is 25.7 Å². The van der Waals surface area contributed by atoms with Gasteiger partial charge in [-0.1, -0.05) is 64.7 Å². The molecule has 0 amide bonds. The van der Waals surface area contributed by atoms with Crippen LogP contribution in [0.25, 0.3) is 0 Å². The van der Waals surface area contributed by atoms with E-state index in [-0.39, 0.29) is 35.1 Å². The quantitative estimate of drug-likeness (QED) is 0.235. The van der Waals surface area contributed by atoms with Gasteiger partial charge in [0.25, 0.3) is 0 Å². The van der Waals surface area contributed by atoms with E-state index in [9.17, 15) is 9.59 Å². The third-order valence-electron chi connectivity index (χ3n) is 9.19. The zero-order valence-corrected chi connectivity index (χ0v) is 24.2. The lowest BCUT2D eigenvalue weighted by atomic mass is 9.45. The Morgan fingerprint density at radius 2 is 1.69 bits per heavy atom. The van der Waals surface area contributed by atoms with Crippen LogP contribution in [0, 0.1) is 22.2 Å². The molecule has 5 atom stereocenters. The fourth-order valence-electron chi connectivity index (χ4n) is 6.82. The van der Waals surface area contributed by atoms with Crippen LogP contribution in [0.4, 0.5) is 0 Å². The molecule has 0 saturated heterocycles. The Labute approximate surface area is 218 Å². The summed E-state index contributed by atoms with van der Waals surface area (Å²) in [4.78, 5) is 28.2. The van der Waals surface area contributed by atoms with Gasteiger partial charge in [-0.25, -0.2) is 0 Å². The standard InChI is InChI=1S/C30H44O5Si/c1-28(2)23-19-24(31)30(15-8-9-26(30)34-17-18-36(5,6)7)27(32)29(23,3)16-14-25(28)35-20-21-10-12-22(33-4)13-11-21/h8,10-13,15,23,25-26H,9,14,16-20H2,1-7H3/t23-,25+,26?,29-,30-/m1/s1. The number of fused-ring (bicyclic) bond motifs is 1. The van der Waals surface area contributed by atoms with Gasteiger partial charge in [0.1, 0.15) is 11.2 Å². The van der Waals surface area contributed by atoms with Crippen LogP contribution in [0.5, 0.6) is 5.75 Å². The predicted octanol–water partition coefficient (Wildman–Crippen LogP) is 6.23. The summed E-state index contributed by atoms with van der Waals surface area (Å²) in [7, 11) is 0.393. The summed E-state index contributed by atoms with van der Waals surface area (Å²) >= 11 is 0. The van der Waals surface area contributed by atoms with Crippen LogP contribution >= 0.6 is 0 Å². The normalized spacial score (nSPS) is 33.7. The molecular weight excluding hydrogens is 468 g/mol. The first-order valence-corrected chi connectivity index (χ1v) is 17.2. The molecule has 4 rings (SSSR count).